The third-order valence-electron chi connectivity index (χ3n) is 3.31. The van der Waals surface area contributed by atoms with Gasteiger partial charge < -0.3 is 10.7 Å². The second-order valence-corrected chi connectivity index (χ2v) is 7.33. The lowest BCUT2D eigenvalue weighted by Gasteiger charge is -2.08. The highest BCUT2D eigenvalue weighted by Gasteiger charge is 2.22. The minimum Gasteiger partial charge on any atom is -0.365 e. The summed E-state index contributed by atoms with van der Waals surface area (Å²) >= 11 is 3.80. The highest BCUT2D eigenvalue weighted by Crippen LogP contribution is 2.46. The van der Waals surface area contributed by atoms with E-state index in [0.717, 1.165) is 22.0 Å². The molecule has 3 rings (SSSR count). The van der Waals surface area contributed by atoms with Crippen LogP contribution in [-0.2, 0) is 4.79 Å². The van der Waals surface area contributed by atoms with Gasteiger partial charge in [0, 0.05) is 22.4 Å². The number of H-pyrrole nitrogens is 1. The van der Waals surface area contributed by atoms with Gasteiger partial charge >= 0.3 is 0 Å². The molecule has 0 aliphatic carbocycles. The number of nitrogens with one attached hydrogen (secondary N) is 1. The zero-order valence-electron chi connectivity index (χ0n) is 11.0. The Morgan fingerprint density at radius 1 is 1.38 bits per heavy atom. The van der Waals surface area contributed by atoms with Gasteiger partial charge in [0.05, 0.1) is 10.1 Å². The van der Waals surface area contributed by atoms with E-state index in [0.29, 0.717) is 16.4 Å². The number of anilines is 1. The lowest BCUT2D eigenvalue weighted by Crippen LogP contribution is -2.31. The molecule has 2 heterocycles. The molecule has 0 spiro atoms. The maximum atomic E-state index is 11.7. The SMILES string of the molecule is NC(=O)c1c(N(N)C=O)[nH]c2cc(C3SCCS3)ccc12. The largest absolute Gasteiger partial charge is 0.365 e. The number of amides is 2. The summed E-state index contributed by atoms with van der Waals surface area (Å²) < 4.78 is 0.401. The molecule has 0 bridgehead atoms. The van der Waals surface area contributed by atoms with Gasteiger partial charge in [-0.25, -0.2) is 10.9 Å². The Balaban J connectivity index is 2.13. The van der Waals surface area contributed by atoms with Crippen molar-refractivity contribution in [1.29, 1.82) is 0 Å². The van der Waals surface area contributed by atoms with Crippen molar-refractivity contribution in [1.82, 2.24) is 4.98 Å². The van der Waals surface area contributed by atoms with E-state index >= 15 is 0 Å². The number of hydrogen-bond donors (Lipinski definition) is 3. The van der Waals surface area contributed by atoms with Crippen LogP contribution in [0.3, 0.4) is 0 Å². The summed E-state index contributed by atoms with van der Waals surface area (Å²) in [6, 6.07) is 5.83. The predicted octanol–water partition coefficient (Wildman–Crippen LogP) is 1.58. The van der Waals surface area contributed by atoms with Crippen molar-refractivity contribution < 1.29 is 9.59 Å². The summed E-state index contributed by atoms with van der Waals surface area (Å²) in [5.74, 6) is 7.45. The van der Waals surface area contributed by atoms with Crippen LogP contribution in [0.4, 0.5) is 5.82 Å². The number of aromatic nitrogens is 1. The molecule has 0 atom stereocenters. The van der Waals surface area contributed by atoms with Gasteiger partial charge in [-0.3, -0.25) is 9.59 Å². The average Bonchev–Trinajstić information content (AvgIpc) is 3.12. The summed E-state index contributed by atoms with van der Waals surface area (Å²) in [6.45, 7) is 0. The highest BCUT2D eigenvalue weighted by atomic mass is 32.2. The number of fused-ring (bicyclic) bond motifs is 1. The number of primary amides is 1. The van der Waals surface area contributed by atoms with Gasteiger partial charge in [0.25, 0.3) is 5.91 Å². The molecule has 1 fully saturated rings. The van der Waals surface area contributed by atoms with Crippen LogP contribution < -0.4 is 16.6 Å². The minimum atomic E-state index is -0.620. The molecule has 1 aliphatic rings. The fourth-order valence-electron chi connectivity index (χ4n) is 2.39. The van der Waals surface area contributed by atoms with Crippen molar-refractivity contribution in [2.75, 3.05) is 16.5 Å². The Morgan fingerprint density at radius 2 is 2.10 bits per heavy atom. The summed E-state index contributed by atoms with van der Waals surface area (Å²) in [6.07, 6.45) is 0.431. The van der Waals surface area contributed by atoms with Crippen molar-refractivity contribution in [2.45, 2.75) is 4.58 Å². The third kappa shape index (κ3) is 2.50. The molecule has 8 heteroatoms. The minimum absolute atomic E-state index is 0.219. The van der Waals surface area contributed by atoms with Crippen LogP contribution >= 0.6 is 23.5 Å². The number of thioether (sulfide) groups is 2. The molecule has 21 heavy (non-hydrogen) atoms. The van der Waals surface area contributed by atoms with Crippen LogP contribution in [0.1, 0.15) is 20.5 Å². The number of hydrogen-bond acceptors (Lipinski definition) is 5. The van der Waals surface area contributed by atoms with Gasteiger partial charge in [0.15, 0.2) is 0 Å². The predicted molar refractivity (Wildman–Crippen MR) is 87.2 cm³/mol. The Kier molecular flexibility index (Phi) is 3.83. The first kappa shape index (κ1) is 14.3. The summed E-state index contributed by atoms with van der Waals surface area (Å²) in [7, 11) is 0. The summed E-state index contributed by atoms with van der Waals surface area (Å²) in [5, 5.41) is 1.50. The number of aromatic amines is 1. The van der Waals surface area contributed by atoms with E-state index in [1.807, 2.05) is 41.7 Å². The van der Waals surface area contributed by atoms with Crippen molar-refractivity contribution in [2.24, 2.45) is 11.6 Å². The lowest BCUT2D eigenvalue weighted by atomic mass is 10.1. The van der Waals surface area contributed by atoms with Crippen molar-refractivity contribution in [3.8, 4) is 0 Å². The van der Waals surface area contributed by atoms with Gasteiger partial charge in [-0.05, 0) is 11.6 Å². The Morgan fingerprint density at radius 3 is 2.71 bits per heavy atom. The fraction of sp³-hybridized carbons (Fsp3) is 0.231. The highest BCUT2D eigenvalue weighted by molar-refractivity contribution is 8.19. The van der Waals surface area contributed by atoms with E-state index in [9.17, 15) is 9.59 Å². The van der Waals surface area contributed by atoms with Crippen LogP contribution in [0.25, 0.3) is 10.9 Å². The standard InChI is InChI=1S/C13H14N4O2S2/c14-11(19)10-8-2-1-7(13-20-3-4-21-13)5-9(8)16-12(10)17(15)6-18/h1-2,5-6,13,16H,3-4,15H2,(H2,14,19). The molecule has 5 N–H and O–H groups in total. The smallest absolute Gasteiger partial charge is 0.253 e. The van der Waals surface area contributed by atoms with Crippen molar-refractivity contribution >= 4 is 52.6 Å². The second kappa shape index (κ2) is 5.63. The first-order valence-corrected chi connectivity index (χ1v) is 8.39. The zero-order chi connectivity index (χ0) is 15.0. The molecule has 0 radical (unpaired) electrons. The normalized spacial score (nSPS) is 15.5. The van der Waals surface area contributed by atoms with E-state index in [2.05, 4.69) is 4.98 Å². The molecule has 110 valence electrons. The Hall–Kier alpha value is -1.64. The van der Waals surface area contributed by atoms with Gasteiger partial charge in [-0.1, -0.05) is 12.1 Å². The van der Waals surface area contributed by atoms with E-state index < -0.39 is 5.91 Å². The number of rotatable bonds is 4. The van der Waals surface area contributed by atoms with Gasteiger partial charge in [-0.15, -0.1) is 23.5 Å². The molecule has 2 aromatic rings. The van der Waals surface area contributed by atoms with Gasteiger partial charge in [-0.2, -0.15) is 0 Å². The number of carbonyl (C=O) groups excluding carboxylic acids is 2. The number of carbonyl (C=O) groups is 2. The van der Waals surface area contributed by atoms with Crippen LogP contribution in [0.15, 0.2) is 18.2 Å². The fourth-order valence-corrected chi connectivity index (χ4v) is 5.23. The van der Waals surface area contributed by atoms with Crippen LogP contribution in [0, 0.1) is 0 Å². The van der Waals surface area contributed by atoms with E-state index in [1.54, 1.807) is 0 Å². The average molecular weight is 322 g/mol. The first-order chi connectivity index (χ1) is 10.1. The Bertz CT molecular complexity index is 710. The molecular weight excluding hydrogens is 308 g/mol. The Labute approximate surface area is 129 Å². The number of nitrogens with two attached hydrogens (primary N) is 2. The molecular formula is C13H14N4O2S2. The molecule has 1 aromatic heterocycles. The third-order valence-corrected chi connectivity index (χ3v) is 6.42. The number of benzene rings is 1. The molecule has 2 amide bonds. The molecule has 0 unspecified atom stereocenters. The van der Waals surface area contributed by atoms with Crippen molar-refractivity contribution in [3.05, 3.63) is 29.3 Å². The number of nitrogens with zero attached hydrogens (tertiary/aromatic N) is 1. The molecule has 0 saturated carbocycles. The monoisotopic (exact) mass is 322 g/mol. The molecule has 6 nitrogen and oxygen atoms in total. The van der Waals surface area contributed by atoms with Crippen LogP contribution in [0.5, 0.6) is 0 Å². The zero-order valence-corrected chi connectivity index (χ0v) is 12.7. The maximum Gasteiger partial charge on any atom is 0.253 e. The maximum absolute atomic E-state index is 11.7. The van der Waals surface area contributed by atoms with Gasteiger partial charge in [0.1, 0.15) is 5.82 Å². The molecule has 1 saturated heterocycles. The first-order valence-electron chi connectivity index (χ1n) is 6.29. The topological polar surface area (TPSA) is 105 Å². The second-order valence-electron chi connectivity index (χ2n) is 4.60. The van der Waals surface area contributed by atoms with E-state index in [1.165, 1.54) is 5.56 Å². The molecule has 1 aromatic carbocycles. The van der Waals surface area contributed by atoms with E-state index in [-0.39, 0.29) is 11.4 Å². The number of hydrazine groups is 1. The lowest BCUT2D eigenvalue weighted by molar-refractivity contribution is -0.107. The van der Waals surface area contributed by atoms with E-state index in [4.69, 9.17) is 11.6 Å². The van der Waals surface area contributed by atoms with Gasteiger partial charge in [0.2, 0.25) is 6.41 Å². The molecule has 1 aliphatic heterocycles. The quantitative estimate of drug-likeness (QED) is 0.343. The van der Waals surface area contributed by atoms with Crippen molar-refractivity contribution in [3.63, 3.8) is 0 Å². The van der Waals surface area contributed by atoms with Crippen LogP contribution in [0.2, 0.25) is 0 Å². The van der Waals surface area contributed by atoms with Crippen LogP contribution in [-0.4, -0.2) is 28.8 Å². The summed E-state index contributed by atoms with van der Waals surface area (Å²) in [5.41, 5.74) is 7.57. The summed E-state index contributed by atoms with van der Waals surface area (Å²) in [4.78, 5) is 25.5.